The van der Waals surface area contributed by atoms with Crippen LogP contribution in [0.15, 0.2) is 66.0 Å². The molecular weight excluding hydrogens is 548 g/mol. The van der Waals surface area contributed by atoms with Crippen LogP contribution in [0.2, 0.25) is 0 Å². The van der Waals surface area contributed by atoms with Crippen LogP contribution in [0.5, 0.6) is 0 Å². The molecule has 0 aliphatic heterocycles. The number of aromatic amines is 1. The molecule has 0 unspecified atom stereocenters. The van der Waals surface area contributed by atoms with Gasteiger partial charge in [0, 0.05) is 27.3 Å². The summed E-state index contributed by atoms with van der Waals surface area (Å²) in [5, 5.41) is 5.42. The number of pyridine rings is 1. The Morgan fingerprint density at radius 3 is 2.63 bits per heavy atom. The van der Waals surface area contributed by atoms with E-state index in [9.17, 15) is 19.2 Å². The SMILES string of the molecule is CC(C)Cc1cccc2[nH]c(Cn3cccc(NC(=O)[C@H](CC/C=C/C(=O)N(C)C)NC(=O)c4cncn4C)c3=O)nc12. The van der Waals surface area contributed by atoms with E-state index in [0.29, 0.717) is 18.2 Å². The molecule has 4 aromatic rings. The minimum Gasteiger partial charge on any atom is -0.345 e. The number of nitrogens with one attached hydrogen (secondary N) is 3. The van der Waals surface area contributed by atoms with Gasteiger partial charge in [-0.2, -0.15) is 0 Å². The van der Waals surface area contributed by atoms with Gasteiger partial charge in [-0.25, -0.2) is 9.97 Å². The molecule has 226 valence electrons. The number of carbonyl (C=O) groups is 3. The van der Waals surface area contributed by atoms with Crippen LogP contribution in [0, 0.1) is 5.92 Å². The third kappa shape index (κ3) is 7.85. The first-order chi connectivity index (χ1) is 20.5. The second-order valence-corrected chi connectivity index (χ2v) is 11.1. The van der Waals surface area contributed by atoms with Crippen LogP contribution in [-0.2, 0) is 29.6 Å². The maximum Gasteiger partial charge on any atom is 0.274 e. The summed E-state index contributed by atoms with van der Waals surface area (Å²) in [6.07, 6.45) is 9.01. The average Bonchev–Trinajstić information content (AvgIpc) is 3.58. The van der Waals surface area contributed by atoms with Crippen LogP contribution in [0.3, 0.4) is 0 Å². The molecule has 0 fully saturated rings. The number of hydrogen-bond acceptors (Lipinski definition) is 6. The van der Waals surface area contributed by atoms with Gasteiger partial charge in [-0.1, -0.05) is 32.1 Å². The number of allylic oxidation sites excluding steroid dienone is 1. The zero-order valence-electron chi connectivity index (χ0n) is 25.1. The smallest absolute Gasteiger partial charge is 0.274 e. The Bertz CT molecular complexity index is 1700. The summed E-state index contributed by atoms with van der Waals surface area (Å²) in [4.78, 5) is 65.0. The van der Waals surface area contributed by atoms with Crippen LogP contribution >= 0.6 is 0 Å². The Hall–Kier alpha value is -5.00. The van der Waals surface area contributed by atoms with Crippen LogP contribution in [-0.4, -0.2) is 66.8 Å². The van der Waals surface area contributed by atoms with Crippen LogP contribution in [0.1, 0.15) is 48.6 Å². The molecule has 0 radical (unpaired) electrons. The van der Waals surface area contributed by atoms with E-state index in [1.54, 1.807) is 44.0 Å². The fourth-order valence-electron chi connectivity index (χ4n) is 4.63. The van der Waals surface area contributed by atoms with Crippen LogP contribution < -0.4 is 16.2 Å². The zero-order chi connectivity index (χ0) is 31.1. The maximum absolute atomic E-state index is 13.4. The number of imidazole rings is 2. The summed E-state index contributed by atoms with van der Waals surface area (Å²) < 4.78 is 3.01. The third-order valence-electron chi connectivity index (χ3n) is 6.87. The lowest BCUT2D eigenvalue weighted by molar-refractivity contribution is -0.123. The number of anilines is 1. The molecule has 12 heteroatoms. The number of para-hydroxylation sites is 1. The van der Waals surface area contributed by atoms with E-state index in [-0.39, 0.29) is 30.3 Å². The largest absolute Gasteiger partial charge is 0.345 e. The number of benzene rings is 1. The average molecular weight is 587 g/mol. The minimum atomic E-state index is -0.982. The summed E-state index contributed by atoms with van der Waals surface area (Å²) >= 11 is 0. The highest BCUT2D eigenvalue weighted by Gasteiger charge is 2.23. The molecule has 0 bridgehead atoms. The van der Waals surface area contributed by atoms with Crippen LogP contribution in [0.4, 0.5) is 5.69 Å². The Balaban J connectivity index is 1.52. The number of carbonyl (C=O) groups excluding carboxylic acids is 3. The molecule has 0 saturated heterocycles. The minimum absolute atomic E-state index is 0.0715. The second kappa shape index (κ2) is 13.8. The Morgan fingerprint density at radius 1 is 1.14 bits per heavy atom. The lowest BCUT2D eigenvalue weighted by atomic mass is 10.0. The summed E-state index contributed by atoms with van der Waals surface area (Å²) in [6.45, 7) is 4.50. The molecule has 3 heterocycles. The first kappa shape index (κ1) is 30.9. The summed E-state index contributed by atoms with van der Waals surface area (Å²) in [5.74, 6) is -0.133. The van der Waals surface area contributed by atoms with Gasteiger partial charge >= 0.3 is 0 Å². The van der Waals surface area contributed by atoms with Gasteiger partial charge in [-0.3, -0.25) is 19.2 Å². The first-order valence-corrected chi connectivity index (χ1v) is 14.1. The highest BCUT2D eigenvalue weighted by Crippen LogP contribution is 2.20. The topological polar surface area (TPSA) is 147 Å². The van der Waals surface area contributed by atoms with Gasteiger partial charge in [0.05, 0.1) is 30.1 Å². The number of likely N-dealkylation sites (N-methyl/N-ethyl adjacent to an activating group) is 1. The van der Waals surface area contributed by atoms with Crippen molar-refractivity contribution >= 4 is 34.4 Å². The molecule has 1 atom stereocenters. The summed E-state index contributed by atoms with van der Waals surface area (Å²) in [6, 6.07) is 8.22. The number of hydrogen-bond donors (Lipinski definition) is 3. The van der Waals surface area contributed by atoms with E-state index >= 15 is 0 Å². The summed E-state index contributed by atoms with van der Waals surface area (Å²) in [7, 11) is 4.95. The third-order valence-corrected chi connectivity index (χ3v) is 6.87. The van der Waals surface area contributed by atoms with Crippen molar-refractivity contribution in [3.05, 3.63) is 88.6 Å². The summed E-state index contributed by atoms with van der Waals surface area (Å²) in [5.41, 5.74) is 2.87. The number of aromatic nitrogens is 5. The van der Waals surface area contributed by atoms with Gasteiger partial charge in [-0.15, -0.1) is 0 Å². The number of nitrogens with zero attached hydrogens (tertiary/aromatic N) is 5. The van der Waals surface area contributed by atoms with Crippen molar-refractivity contribution in [3.8, 4) is 0 Å². The first-order valence-electron chi connectivity index (χ1n) is 14.1. The van der Waals surface area contributed by atoms with Gasteiger partial charge in [0.2, 0.25) is 11.8 Å². The molecule has 0 aliphatic carbocycles. The highest BCUT2D eigenvalue weighted by molar-refractivity contribution is 6.00. The number of fused-ring (bicyclic) bond motifs is 1. The molecule has 12 nitrogen and oxygen atoms in total. The number of aryl methyl sites for hydroxylation is 1. The monoisotopic (exact) mass is 586 g/mol. The van der Waals surface area contributed by atoms with E-state index < -0.39 is 23.4 Å². The van der Waals surface area contributed by atoms with Crippen molar-refractivity contribution in [2.24, 2.45) is 13.0 Å². The fraction of sp³-hybridized carbons (Fsp3) is 0.355. The molecular formula is C31H38N8O4. The van der Waals surface area contributed by atoms with Crippen molar-refractivity contribution < 1.29 is 14.4 Å². The zero-order valence-corrected chi connectivity index (χ0v) is 25.1. The lowest BCUT2D eigenvalue weighted by Gasteiger charge is -2.18. The molecule has 4 rings (SSSR count). The molecule has 3 amide bonds. The van der Waals surface area contributed by atoms with E-state index in [2.05, 4.69) is 40.5 Å². The van der Waals surface area contributed by atoms with Gasteiger partial charge in [0.25, 0.3) is 11.5 Å². The number of amides is 3. The number of H-pyrrole nitrogens is 1. The van der Waals surface area contributed by atoms with E-state index in [0.717, 1.165) is 23.0 Å². The fourth-order valence-corrected chi connectivity index (χ4v) is 4.63. The van der Waals surface area contributed by atoms with Gasteiger partial charge < -0.3 is 29.7 Å². The predicted octanol–water partition coefficient (Wildman–Crippen LogP) is 2.87. The normalized spacial score (nSPS) is 12.1. The Labute approximate surface area is 249 Å². The van der Waals surface area contributed by atoms with Gasteiger partial charge in [0.1, 0.15) is 23.2 Å². The van der Waals surface area contributed by atoms with Gasteiger partial charge in [-0.05, 0) is 55.0 Å². The predicted molar refractivity (Wildman–Crippen MR) is 165 cm³/mol. The van der Waals surface area contributed by atoms with E-state index in [4.69, 9.17) is 4.98 Å². The molecule has 1 aromatic carbocycles. The molecule has 0 saturated carbocycles. The molecule has 0 aliphatic rings. The van der Waals surface area contributed by atoms with E-state index in [1.165, 1.54) is 34.1 Å². The van der Waals surface area contributed by atoms with Crippen molar-refractivity contribution in [2.45, 2.75) is 45.7 Å². The second-order valence-electron chi connectivity index (χ2n) is 11.1. The van der Waals surface area contributed by atoms with Crippen molar-refractivity contribution in [1.29, 1.82) is 0 Å². The standard InChI is InChI=1S/C31H38N8O4/c1-20(2)16-21-10-8-12-22-28(21)36-26(33-22)18-39-15-9-13-24(31(39)43)35-29(41)23(11-6-7-14-27(40)37(3)4)34-30(42)25-17-32-19-38(25)5/h7-10,12-15,17,19-20,23H,6,11,16,18H2,1-5H3,(H,33,36)(H,34,42)(H,35,41)/b14-7+/t23-/m0/s1. The maximum atomic E-state index is 13.4. The van der Waals surface area contributed by atoms with Crippen molar-refractivity contribution in [3.63, 3.8) is 0 Å². The van der Waals surface area contributed by atoms with Crippen molar-refractivity contribution in [1.82, 2.24) is 34.3 Å². The van der Waals surface area contributed by atoms with E-state index in [1.807, 2.05) is 12.1 Å². The molecule has 0 spiro atoms. The molecule has 3 N–H and O–H groups in total. The molecule has 3 aromatic heterocycles. The Kier molecular flexibility index (Phi) is 9.91. The van der Waals surface area contributed by atoms with Crippen molar-refractivity contribution in [2.75, 3.05) is 19.4 Å². The number of rotatable bonds is 12. The highest BCUT2D eigenvalue weighted by atomic mass is 16.2. The lowest BCUT2D eigenvalue weighted by Crippen LogP contribution is -2.45. The quantitative estimate of drug-likeness (QED) is 0.218. The molecule has 43 heavy (non-hydrogen) atoms. The Morgan fingerprint density at radius 2 is 1.93 bits per heavy atom. The van der Waals surface area contributed by atoms with Crippen LogP contribution in [0.25, 0.3) is 11.0 Å². The van der Waals surface area contributed by atoms with Gasteiger partial charge in [0.15, 0.2) is 0 Å².